The fourth-order valence-corrected chi connectivity index (χ4v) is 1.82. The lowest BCUT2D eigenvalue weighted by Gasteiger charge is -2.07. The number of para-hydroxylation sites is 1. The Morgan fingerprint density at radius 3 is 2.95 bits per heavy atom. The molecule has 1 aromatic heterocycles. The number of imidazole rings is 1. The second-order valence-corrected chi connectivity index (χ2v) is 3.87. The molecule has 0 unspecified atom stereocenters. The van der Waals surface area contributed by atoms with Gasteiger partial charge in [0.05, 0.1) is 17.7 Å². The van der Waals surface area contributed by atoms with Crippen LogP contribution in [0.1, 0.15) is 5.56 Å². The van der Waals surface area contributed by atoms with Crippen molar-refractivity contribution in [1.82, 2.24) is 9.55 Å². The molecule has 2 N–H and O–H groups in total. The maximum atomic E-state index is 11.9. The fourth-order valence-electron chi connectivity index (χ4n) is 1.82. The van der Waals surface area contributed by atoms with Crippen molar-refractivity contribution in [2.45, 2.75) is 13.0 Å². The number of fused-ring (bicyclic) bond motifs is 1. The standard InChI is InChI=1S/C12H12F2N4O/c13-10(14)7-19-5-4-18-9-3-1-2-8(6-15)11(9)17-12(18)16/h1-3,10H,4-5,7H2,(H2,16,17). The normalized spacial score (nSPS) is 11.1. The van der Waals surface area contributed by atoms with Gasteiger partial charge in [0.25, 0.3) is 6.43 Å². The topological polar surface area (TPSA) is 76.9 Å². The molecule has 5 nitrogen and oxygen atoms in total. The molecule has 0 amide bonds. The van der Waals surface area contributed by atoms with E-state index in [1.54, 1.807) is 22.8 Å². The highest BCUT2D eigenvalue weighted by molar-refractivity contribution is 5.83. The maximum Gasteiger partial charge on any atom is 0.261 e. The number of benzene rings is 1. The van der Waals surface area contributed by atoms with Crippen molar-refractivity contribution in [2.75, 3.05) is 18.9 Å². The highest BCUT2D eigenvalue weighted by atomic mass is 19.3. The van der Waals surface area contributed by atoms with E-state index < -0.39 is 13.0 Å². The van der Waals surface area contributed by atoms with Crippen molar-refractivity contribution in [3.05, 3.63) is 23.8 Å². The number of nitrogen functional groups attached to an aromatic ring is 1. The summed E-state index contributed by atoms with van der Waals surface area (Å²) in [6, 6.07) is 7.17. The van der Waals surface area contributed by atoms with Crippen molar-refractivity contribution in [1.29, 1.82) is 5.26 Å². The average Bonchev–Trinajstić information content (AvgIpc) is 2.70. The third-order valence-electron chi connectivity index (χ3n) is 2.63. The first-order valence-electron chi connectivity index (χ1n) is 5.64. The molecule has 0 aliphatic heterocycles. The number of nitrogens with zero attached hydrogens (tertiary/aromatic N) is 3. The molecular weight excluding hydrogens is 254 g/mol. The van der Waals surface area contributed by atoms with Crippen molar-refractivity contribution >= 4 is 17.0 Å². The lowest BCUT2D eigenvalue weighted by molar-refractivity contribution is 0.0151. The van der Waals surface area contributed by atoms with Crippen molar-refractivity contribution < 1.29 is 13.5 Å². The molecule has 0 aliphatic rings. The third-order valence-corrected chi connectivity index (χ3v) is 2.63. The van der Waals surface area contributed by atoms with Gasteiger partial charge in [-0.25, -0.2) is 13.8 Å². The molecule has 7 heteroatoms. The monoisotopic (exact) mass is 266 g/mol. The van der Waals surface area contributed by atoms with Crippen LogP contribution in [0.3, 0.4) is 0 Å². The summed E-state index contributed by atoms with van der Waals surface area (Å²) in [5.41, 5.74) is 7.39. The average molecular weight is 266 g/mol. The van der Waals surface area contributed by atoms with Crippen LogP contribution in [0.5, 0.6) is 0 Å². The number of rotatable bonds is 5. The molecule has 0 bridgehead atoms. The van der Waals surface area contributed by atoms with Crippen LogP contribution in [0.2, 0.25) is 0 Å². The Morgan fingerprint density at radius 1 is 1.47 bits per heavy atom. The van der Waals surface area contributed by atoms with E-state index in [0.29, 0.717) is 23.1 Å². The summed E-state index contributed by atoms with van der Waals surface area (Å²) >= 11 is 0. The summed E-state index contributed by atoms with van der Waals surface area (Å²) in [7, 11) is 0. The molecule has 1 aromatic carbocycles. The van der Waals surface area contributed by atoms with Crippen molar-refractivity contribution in [3.63, 3.8) is 0 Å². The van der Waals surface area contributed by atoms with Crippen LogP contribution in [-0.2, 0) is 11.3 Å². The zero-order chi connectivity index (χ0) is 13.8. The maximum absolute atomic E-state index is 11.9. The first-order chi connectivity index (χ1) is 9.13. The predicted octanol–water partition coefficient (Wildman–Crippen LogP) is 1.77. The smallest absolute Gasteiger partial charge is 0.261 e. The summed E-state index contributed by atoms with van der Waals surface area (Å²) in [5, 5.41) is 8.96. The Kier molecular flexibility index (Phi) is 3.92. The Morgan fingerprint density at radius 2 is 2.26 bits per heavy atom. The number of halogens is 2. The van der Waals surface area contributed by atoms with Crippen LogP contribution in [0.25, 0.3) is 11.0 Å². The van der Waals surface area contributed by atoms with Gasteiger partial charge >= 0.3 is 0 Å². The lowest BCUT2D eigenvalue weighted by atomic mass is 10.2. The molecule has 0 atom stereocenters. The number of ether oxygens (including phenoxy) is 1. The Labute approximate surface area is 108 Å². The summed E-state index contributed by atoms with van der Waals surface area (Å²) in [5.74, 6) is 0.235. The summed E-state index contributed by atoms with van der Waals surface area (Å²) in [4.78, 5) is 4.11. The quantitative estimate of drug-likeness (QED) is 0.837. The minimum Gasteiger partial charge on any atom is -0.374 e. The number of nitriles is 1. The van der Waals surface area contributed by atoms with Gasteiger partial charge in [0.2, 0.25) is 5.95 Å². The van der Waals surface area contributed by atoms with E-state index in [1.807, 2.05) is 6.07 Å². The predicted molar refractivity (Wildman–Crippen MR) is 65.7 cm³/mol. The molecule has 0 radical (unpaired) electrons. The highest BCUT2D eigenvalue weighted by Gasteiger charge is 2.11. The van der Waals surface area contributed by atoms with Crippen LogP contribution in [-0.4, -0.2) is 29.2 Å². The zero-order valence-corrected chi connectivity index (χ0v) is 10.0. The summed E-state index contributed by atoms with van der Waals surface area (Å²) in [6.07, 6.45) is -2.48. The lowest BCUT2D eigenvalue weighted by Crippen LogP contribution is -2.12. The number of anilines is 1. The van der Waals surface area contributed by atoms with E-state index in [4.69, 9.17) is 15.7 Å². The van der Waals surface area contributed by atoms with Gasteiger partial charge in [-0.3, -0.25) is 0 Å². The van der Waals surface area contributed by atoms with E-state index in [2.05, 4.69) is 4.98 Å². The van der Waals surface area contributed by atoms with E-state index in [9.17, 15) is 8.78 Å². The van der Waals surface area contributed by atoms with E-state index >= 15 is 0 Å². The number of alkyl halides is 2. The molecule has 0 saturated carbocycles. The highest BCUT2D eigenvalue weighted by Crippen LogP contribution is 2.20. The molecule has 0 fully saturated rings. The summed E-state index contributed by atoms with van der Waals surface area (Å²) in [6.45, 7) is -0.184. The summed E-state index contributed by atoms with van der Waals surface area (Å²) < 4.78 is 30.3. The molecule has 1 heterocycles. The van der Waals surface area contributed by atoms with E-state index in [1.165, 1.54) is 0 Å². The number of aromatic nitrogens is 2. The Hall–Kier alpha value is -2.20. The van der Waals surface area contributed by atoms with Gasteiger partial charge in [0.15, 0.2) is 0 Å². The van der Waals surface area contributed by atoms with Crippen LogP contribution in [0, 0.1) is 11.3 Å². The molecule has 0 saturated heterocycles. The molecule has 0 aliphatic carbocycles. The van der Waals surface area contributed by atoms with Gasteiger partial charge in [-0.1, -0.05) is 6.07 Å². The van der Waals surface area contributed by atoms with E-state index in [-0.39, 0.29) is 12.6 Å². The molecule has 19 heavy (non-hydrogen) atoms. The molecule has 0 spiro atoms. The number of hydrogen-bond donors (Lipinski definition) is 1. The van der Waals surface area contributed by atoms with Crippen molar-refractivity contribution in [3.8, 4) is 6.07 Å². The first-order valence-corrected chi connectivity index (χ1v) is 5.64. The molecule has 2 rings (SSSR count). The third kappa shape index (κ3) is 2.80. The van der Waals surface area contributed by atoms with Gasteiger partial charge in [-0.15, -0.1) is 0 Å². The van der Waals surface area contributed by atoms with Gasteiger partial charge in [-0.2, -0.15) is 5.26 Å². The molecular formula is C12H12F2N4O. The minimum absolute atomic E-state index is 0.108. The Bertz CT molecular complexity index is 618. The van der Waals surface area contributed by atoms with Gasteiger partial charge in [0.1, 0.15) is 18.2 Å². The van der Waals surface area contributed by atoms with Gasteiger partial charge < -0.3 is 15.0 Å². The second kappa shape index (κ2) is 5.63. The van der Waals surface area contributed by atoms with Gasteiger partial charge in [0, 0.05) is 6.54 Å². The minimum atomic E-state index is -2.48. The van der Waals surface area contributed by atoms with Gasteiger partial charge in [-0.05, 0) is 12.1 Å². The number of nitrogens with two attached hydrogens (primary N) is 1. The first kappa shape index (κ1) is 13.2. The largest absolute Gasteiger partial charge is 0.374 e. The van der Waals surface area contributed by atoms with Crippen molar-refractivity contribution in [2.24, 2.45) is 0 Å². The zero-order valence-electron chi connectivity index (χ0n) is 10.0. The second-order valence-electron chi connectivity index (χ2n) is 3.87. The molecule has 100 valence electrons. The Balaban J connectivity index is 2.19. The fraction of sp³-hybridized carbons (Fsp3) is 0.333. The van der Waals surface area contributed by atoms with Crippen LogP contribution >= 0.6 is 0 Å². The van der Waals surface area contributed by atoms with Crippen LogP contribution < -0.4 is 5.73 Å². The number of hydrogen-bond acceptors (Lipinski definition) is 4. The van der Waals surface area contributed by atoms with Crippen LogP contribution in [0.4, 0.5) is 14.7 Å². The molecule has 2 aromatic rings. The SMILES string of the molecule is N#Cc1cccc2c1nc(N)n2CCOCC(F)F. The van der Waals surface area contributed by atoms with Crippen LogP contribution in [0.15, 0.2) is 18.2 Å². The van der Waals surface area contributed by atoms with E-state index in [0.717, 1.165) is 0 Å².